The van der Waals surface area contributed by atoms with E-state index in [1.54, 1.807) is 6.07 Å². The lowest BCUT2D eigenvalue weighted by molar-refractivity contribution is -0.736. The average molecular weight is 525 g/mol. The molecule has 2 aliphatic carbocycles. The fourth-order valence-electron chi connectivity index (χ4n) is 5.08. The van der Waals surface area contributed by atoms with Gasteiger partial charge in [-0.3, -0.25) is 4.79 Å². The molecule has 0 atom stereocenters. The van der Waals surface area contributed by atoms with Crippen molar-refractivity contribution in [2.75, 3.05) is 31.4 Å². The Morgan fingerprint density at radius 3 is 2.50 bits per heavy atom. The van der Waals surface area contributed by atoms with Crippen LogP contribution in [0.5, 0.6) is 5.75 Å². The molecule has 2 aliphatic rings. The SMILES string of the molecule is CCCC1CCC(Nc2nc(N(C)C)c3c(n2)=CCCC=3)CC1.CO[N+](=O)c1cc(CC(C)=O)ccc1O. The number of rotatable bonds is 9. The minimum absolute atomic E-state index is 0.00347. The van der Waals surface area contributed by atoms with E-state index < -0.39 is 0 Å². The summed E-state index contributed by atoms with van der Waals surface area (Å²) in [4.78, 5) is 38.2. The van der Waals surface area contributed by atoms with Crippen LogP contribution < -0.4 is 20.8 Å². The van der Waals surface area contributed by atoms with Crippen LogP contribution in [0.25, 0.3) is 12.2 Å². The summed E-state index contributed by atoms with van der Waals surface area (Å²) >= 11 is 0. The van der Waals surface area contributed by atoms with Gasteiger partial charge in [-0.05, 0) is 63.0 Å². The molecule has 0 aliphatic heterocycles. The quantitative estimate of drug-likeness (QED) is 0.471. The number of phenols is 1. The van der Waals surface area contributed by atoms with Crippen molar-refractivity contribution in [3.63, 3.8) is 0 Å². The first kappa shape index (κ1) is 29.1. The molecule has 0 radical (unpaired) electrons. The minimum atomic E-state index is -0.181. The highest BCUT2D eigenvalue weighted by molar-refractivity contribution is 5.78. The van der Waals surface area contributed by atoms with Gasteiger partial charge in [-0.15, -0.1) is 0 Å². The number of ketones is 1. The van der Waals surface area contributed by atoms with Crippen LogP contribution in [0.2, 0.25) is 0 Å². The van der Waals surface area contributed by atoms with Gasteiger partial charge in [0.05, 0.1) is 10.3 Å². The van der Waals surface area contributed by atoms with Gasteiger partial charge in [0.2, 0.25) is 5.95 Å². The molecular weight excluding hydrogens is 482 g/mol. The van der Waals surface area contributed by atoms with Crippen molar-refractivity contribution in [1.82, 2.24) is 9.97 Å². The zero-order valence-electron chi connectivity index (χ0n) is 23.4. The lowest BCUT2D eigenvalue weighted by Crippen LogP contribution is -2.38. The van der Waals surface area contributed by atoms with Crippen molar-refractivity contribution < 1.29 is 19.7 Å². The number of fused-ring (bicyclic) bond motifs is 1. The van der Waals surface area contributed by atoms with Crippen LogP contribution >= 0.6 is 0 Å². The number of aromatic hydroxyl groups is 1. The first-order chi connectivity index (χ1) is 18.2. The molecule has 2 N–H and O–H groups in total. The van der Waals surface area contributed by atoms with E-state index in [0.29, 0.717) is 11.6 Å². The molecular formula is C29H42N5O4+. The number of carbonyl (C=O) groups is 1. The molecule has 206 valence electrons. The maximum Gasteiger partial charge on any atom is 0.358 e. The number of benzene rings is 1. The number of anilines is 2. The molecule has 0 saturated heterocycles. The number of hydrogen-bond acceptors (Lipinski definition) is 8. The third-order valence-corrected chi connectivity index (χ3v) is 6.96. The Kier molecular flexibility index (Phi) is 10.6. The van der Waals surface area contributed by atoms with Gasteiger partial charge in [-0.25, -0.2) is 9.82 Å². The van der Waals surface area contributed by atoms with Gasteiger partial charge < -0.3 is 15.3 Å². The van der Waals surface area contributed by atoms with Crippen molar-refractivity contribution in [3.8, 4) is 5.75 Å². The lowest BCUT2D eigenvalue weighted by Gasteiger charge is -2.29. The van der Waals surface area contributed by atoms with Crippen LogP contribution in [0.15, 0.2) is 18.2 Å². The van der Waals surface area contributed by atoms with Gasteiger partial charge in [0.15, 0.2) is 12.9 Å². The Hall–Kier alpha value is -3.49. The van der Waals surface area contributed by atoms with Gasteiger partial charge in [0, 0.05) is 37.8 Å². The van der Waals surface area contributed by atoms with E-state index in [1.165, 1.54) is 69.9 Å². The molecule has 4 rings (SSSR count). The van der Waals surface area contributed by atoms with Gasteiger partial charge in [0.25, 0.3) is 4.92 Å². The van der Waals surface area contributed by atoms with Crippen molar-refractivity contribution in [2.24, 2.45) is 5.92 Å². The number of nitrogens with zero attached hydrogens (tertiary/aromatic N) is 4. The third kappa shape index (κ3) is 8.00. The van der Waals surface area contributed by atoms with Crippen molar-refractivity contribution >= 4 is 35.4 Å². The second-order valence-electron chi connectivity index (χ2n) is 10.3. The molecule has 38 heavy (non-hydrogen) atoms. The second kappa shape index (κ2) is 13.9. The molecule has 9 heteroatoms. The summed E-state index contributed by atoms with van der Waals surface area (Å²) in [5, 5.41) is 15.3. The van der Waals surface area contributed by atoms with Crippen LogP contribution in [-0.4, -0.2) is 53.0 Å². The molecule has 1 fully saturated rings. The predicted molar refractivity (Wildman–Crippen MR) is 151 cm³/mol. The topological polar surface area (TPSA) is 108 Å². The largest absolute Gasteiger partial charge is 0.502 e. The van der Waals surface area contributed by atoms with E-state index >= 15 is 0 Å². The molecule has 1 aromatic carbocycles. The predicted octanol–water partition coefficient (Wildman–Crippen LogP) is 4.16. The van der Waals surface area contributed by atoms with Crippen LogP contribution in [-0.2, 0) is 16.1 Å². The van der Waals surface area contributed by atoms with E-state index in [0.717, 1.165) is 35.9 Å². The number of nitrogens with one attached hydrogen (secondary N) is 1. The molecule has 0 spiro atoms. The maximum atomic E-state index is 11.1. The van der Waals surface area contributed by atoms with E-state index in [9.17, 15) is 14.8 Å². The number of Topliss-reactive ketones (excluding diaryl/α,β-unsaturated/α-hetero) is 1. The van der Waals surface area contributed by atoms with E-state index in [4.69, 9.17) is 9.97 Å². The van der Waals surface area contributed by atoms with Gasteiger partial charge in [0.1, 0.15) is 11.6 Å². The summed E-state index contributed by atoms with van der Waals surface area (Å²) in [7, 11) is 5.32. The smallest absolute Gasteiger partial charge is 0.358 e. The van der Waals surface area contributed by atoms with Crippen LogP contribution in [0.3, 0.4) is 0 Å². The zero-order valence-corrected chi connectivity index (χ0v) is 23.4. The highest BCUT2D eigenvalue weighted by atomic mass is 16.8. The fourth-order valence-corrected chi connectivity index (χ4v) is 5.08. The molecule has 0 bridgehead atoms. The van der Waals surface area contributed by atoms with Gasteiger partial charge in [-0.1, -0.05) is 38.0 Å². The molecule has 9 nitrogen and oxygen atoms in total. The normalized spacial score (nSPS) is 18.0. The van der Waals surface area contributed by atoms with Crippen molar-refractivity contribution in [1.29, 1.82) is 0 Å². The Labute approximate surface area is 225 Å². The van der Waals surface area contributed by atoms with Crippen molar-refractivity contribution in [2.45, 2.75) is 77.7 Å². The van der Waals surface area contributed by atoms with Crippen LogP contribution in [0.1, 0.15) is 70.8 Å². The van der Waals surface area contributed by atoms with Gasteiger partial charge in [-0.2, -0.15) is 4.98 Å². The first-order valence-electron chi connectivity index (χ1n) is 13.6. The Morgan fingerprint density at radius 2 is 1.87 bits per heavy atom. The van der Waals surface area contributed by atoms with Crippen molar-refractivity contribution in [3.05, 3.63) is 39.2 Å². The highest BCUT2D eigenvalue weighted by Gasteiger charge is 2.22. The standard InChI is InChI=1S/C19H30N4.C10H11NO4/c1-4-7-14-10-12-15(13-11-14)20-19-21-17-9-6-5-8-16(17)18(22-19)23(2)3;1-7(12)5-8-3-4-10(13)9(6-8)11(14)15-2/h8-9,14-15H,4-7,10-13H2,1-3H3,(H,20,21);3-4,6H,5H2,1-2H3/p+1. The van der Waals surface area contributed by atoms with Crippen LogP contribution in [0.4, 0.5) is 17.5 Å². The third-order valence-electron chi connectivity index (χ3n) is 6.96. The Balaban J connectivity index is 0.000000232. The fraction of sp³-hybridized carbons (Fsp3) is 0.552. The lowest BCUT2D eigenvalue weighted by atomic mass is 9.83. The molecule has 2 aromatic rings. The summed E-state index contributed by atoms with van der Waals surface area (Å²) in [6.45, 7) is 3.75. The molecule has 0 amide bonds. The first-order valence-corrected chi connectivity index (χ1v) is 13.6. The molecule has 0 unspecified atom stereocenters. The summed E-state index contributed by atoms with van der Waals surface area (Å²) in [5.41, 5.74) is 0.657. The number of phenolic OH excluding ortho intramolecular Hbond substituents is 1. The molecule has 1 saturated carbocycles. The molecule has 1 heterocycles. The zero-order chi connectivity index (χ0) is 27.7. The van der Waals surface area contributed by atoms with E-state index in [2.05, 4.69) is 48.2 Å². The Morgan fingerprint density at radius 1 is 1.16 bits per heavy atom. The minimum Gasteiger partial charge on any atom is -0.502 e. The van der Waals surface area contributed by atoms with E-state index in [-0.39, 0.29) is 28.6 Å². The number of aromatic nitrogens is 2. The maximum absolute atomic E-state index is 11.1. The average Bonchev–Trinajstić information content (AvgIpc) is 2.90. The Bertz CT molecular complexity index is 1240. The van der Waals surface area contributed by atoms with E-state index in [1.807, 2.05) is 0 Å². The summed E-state index contributed by atoms with van der Waals surface area (Å²) in [6.07, 6.45) is 14.8. The summed E-state index contributed by atoms with van der Waals surface area (Å²) in [5.74, 6) is 2.58. The van der Waals surface area contributed by atoms with Crippen LogP contribution in [0, 0.1) is 10.8 Å². The molecule has 1 aromatic heterocycles. The number of carbonyl (C=O) groups excluding carboxylic acids is 1. The monoisotopic (exact) mass is 524 g/mol. The highest BCUT2D eigenvalue weighted by Crippen LogP contribution is 2.29. The summed E-state index contributed by atoms with van der Waals surface area (Å²) < 4.78 is 0. The number of hydrogen-bond donors (Lipinski definition) is 2. The van der Waals surface area contributed by atoms with Gasteiger partial charge >= 0.3 is 5.69 Å². The second-order valence-corrected chi connectivity index (χ2v) is 10.3. The summed E-state index contributed by atoms with van der Waals surface area (Å²) in [6, 6.07) is 4.90.